The van der Waals surface area contributed by atoms with E-state index in [1.54, 1.807) is 52.9 Å². The Labute approximate surface area is 129 Å². The van der Waals surface area contributed by atoms with Crippen LogP contribution in [0.4, 0.5) is 4.79 Å². The van der Waals surface area contributed by atoms with Crippen molar-refractivity contribution in [3.63, 3.8) is 0 Å². The number of ether oxygens (including phenoxy) is 3. The van der Waals surface area contributed by atoms with Crippen LogP contribution in [0.25, 0.3) is 0 Å². The summed E-state index contributed by atoms with van der Waals surface area (Å²) >= 11 is 0. The van der Waals surface area contributed by atoms with Gasteiger partial charge in [-0.1, -0.05) is 0 Å². The van der Waals surface area contributed by atoms with E-state index in [0.29, 0.717) is 17.1 Å². The second-order valence-corrected chi connectivity index (χ2v) is 6.20. The molecule has 0 N–H and O–H groups in total. The van der Waals surface area contributed by atoms with E-state index in [-0.39, 0.29) is 12.6 Å². The number of rotatable bonds is 3. The van der Waals surface area contributed by atoms with Crippen molar-refractivity contribution in [2.24, 2.45) is 0 Å². The molecule has 1 atom stereocenters. The average Bonchev–Trinajstić information content (AvgIpc) is 2.90. The zero-order valence-electron chi connectivity index (χ0n) is 13.5. The smallest absolute Gasteiger partial charge is 0.410 e. The molecule has 0 aliphatic carbocycles. The van der Waals surface area contributed by atoms with Crippen LogP contribution < -0.4 is 9.47 Å². The van der Waals surface area contributed by atoms with Gasteiger partial charge in [0.15, 0.2) is 17.3 Å². The molecule has 1 aromatic carbocycles. The minimum atomic E-state index is -0.643. The van der Waals surface area contributed by atoms with Gasteiger partial charge < -0.3 is 19.1 Å². The van der Waals surface area contributed by atoms with Gasteiger partial charge in [0, 0.05) is 12.6 Å². The molecule has 0 spiro atoms. The number of Topliss-reactive ketones (excluding diaryl/α,β-unsaturated/α-hetero) is 1. The number of carbonyl (C=O) groups excluding carboxylic acids is 2. The molecule has 2 rings (SSSR count). The van der Waals surface area contributed by atoms with E-state index in [1.807, 2.05) is 0 Å². The first-order valence-electron chi connectivity index (χ1n) is 7.09. The van der Waals surface area contributed by atoms with Crippen LogP contribution in [0.2, 0.25) is 0 Å². The number of likely N-dealkylation sites (N-methyl/N-ethyl adjacent to an activating group) is 1. The maximum absolute atomic E-state index is 12.5. The molecule has 1 aliphatic heterocycles. The Kier molecular flexibility index (Phi) is 4.30. The molecule has 1 amide bonds. The van der Waals surface area contributed by atoms with E-state index in [2.05, 4.69) is 0 Å². The number of carbonyl (C=O) groups is 2. The molecule has 0 saturated heterocycles. The lowest BCUT2D eigenvalue weighted by atomic mass is 10.0. The van der Waals surface area contributed by atoms with Gasteiger partial charge in [-0.3, -0.25) is 4.79 Å². The fourth-order valence-corrected chi connectivity index (χ4v) is 1.96. The summed E-state index contributed by atoms with van der Waals surface area (Å²) < 4.78 is 15.8. The highest BCUT2D eigenvalue weighted by molar-refractivity contribution is 6.01. The van der Waals surface area contributed by atoms with Crippen molar-refractivity contribution in [3.8, 4) is 11.5 Å². The monoisotopic (exact) mass is 307 g/mol. The van der Waals surface area contributed by atoms with E-state index >= 15 is 0 Å². The van der Waals surface area contributed by atoms with Crippen LogP contribution in [0.5, 0.6) is 11.5 Å². The molecule has 1 aromatic rings. The van der Waals surface area contributed by atoms with Crippen LogP contribution in [-0.4, -0.2) is 42.3 Å². The number of hydrogen-bond donors (Lipinski definition) is 0. The summed E-state index contributed by atoms with van der Waals surface area (Å²) in [6.45, 7) is 7.16. The first-order valence-corrected chi connectivity index (χ1v) is 7.09. The number of hydrogen-bond acceptors (Lipinski definition) is 5. The molecular formula is C16H21NO5. The van der Waals surface area contributed by atoms with Crippen molar-refractivity contribution in [3.05, 3.63) is 23.8 Å². The summed E-state index contributed by atoms with van der Waals surface area (Å²) in [5.41, 5.74) is -0.139. The van der Waals surface area contributed by atoms with Gasteiger partial charge in [-0.15, -0.1) is 0 Å². The van der Waals surface area contributed by atoms with Crippen molar-refractivity contribution in [2.45, 2.75) is 39.3 Å². The van der Waals surface area contributed by atoms with Crippen LogP contribution in [0.3, 0.4) is 0 Å². The Morgan fingerprint density at radius 3 is 2.50 bits per heavy atom. The van der Waals surface area contributed by atoms with Crippen molar-refractivity contribution in [1.29, 1.82) is 0 Å². The Bertz CT molecular complexity index is 591. The molecule has 1 heterocycles. The molecule has 6 nitrogen and oxygen atoms in total. The lowest BCUT2D eigenvalue weighted by Gasteiger charge is -2.28. The number of amides is 1. The van der Waals surface area contributed by atoms with Gasteiger partial charge in [-0.25, -0.2) is 4.79 Å². The predicted molar refractivity (Wildman–Crippen MR) is 80.4 cm³/mol. The van der Waals surface area contributed by atoms with Crippen LogP contribution >= 0.6 is 0 Å². The molecule has 1 aliphatic rings. The highest BCUT2D eigenvalue weighted by Crippen LogP contribution is 2.33. The molecular weight excluding hydrogens is 286 g/mol. The fourth-order valence-electron chi connectivity index (χ4n) is 1.96. The number of ketones is 1. The summed E-state index contributed by atoms with van der Waals surface area (Å²) in [7, 11) is 1.55. The van der Waals surface area contributed by atoms with Gasteiger partial charge in [0.2, 0.25) is 6.79 Å². The van der Waals surface area contributed by atoms with E-state index in [4.69, 9.17) is 14.2 Å². The lowest BCUT2D eigenvalue weighted by Crippen LogP contribution is -2.43. The molecule has 0 bridgehead atoms. The molecule has 0 saturated carbocycles. The quantitative estimate of drug-likeness (QED) is 0.803. The number of nitrogens with zero attached hydrogens (tertiary/aromatic N) is 1. The topological polar surface area (TPSA) is 65.1 Å². The normalized spacial score (nSPS) is 14.4. The van der Waals surface area contributed by atoms with Crippen molar-refractivity contribution in [2.75, 3.05) is 13.8 Å². The van der Waals surface area contributed by atoms with Gasteiger partial charge in [-0.2, -0.15) is 0 Å². The summed E-state index contributed by atoms with van der Waals surface area (Å²) in [5.74, 6) is 0.967. The molecule has 22 heavy (non-hydrogen) atoms. The Morgan fingerprint density at radius 1 is 1.23 bits per heavy atom. The highest BCUT2D eigenvalue weighted by atomic mass is 16.7. The van der Waals surface area contributed by atoms with E-state index < -0.39 is 17.7 Å². The second kappa shape index (κ2) is 5.87. The summed E-state index contributed by atoms with van der Waals surface area (Å²) in [5, 5.41) is 0. The molecule has 0 fully saturated rings. The van der Waals surface area contributed by atoms with Gasteiger partial charge in [0.05, 0.1) is 6.04 Å². The molecule has 120 valence electrons. The zero-order chi connectivity index (χ0) is 16.5. The third kappa shape index (κ3) is 3.50. The maximum atomic E-state index is 12.5. The number of fused-ring (bicyclic) bond motifs is 1. The van der Waals surface area contributed by atoms with Crippen LogP contribution in [-0.2, 0) is 4.74 Å². The number of benzene rings is 1. The van der Waals surface area contributed by atoms with Gasteiger partial charge in [0.1, 0.15) is 5.60 Å². The maximum Gasteiger partial charge on any atom is 0.410 e. The van der Waals surface area contributed by atoms with Gasteiger partial charge in [-0.05, 0) is 45.9 Å². The van der Waals surface area contributed by atoms with Gasteiger partial charge >= 0.3 is 6.09 Å². The third-order valence-corrected chi connectivity index (χ3v) is 3.30. The van der Waals surface area contributed by atoms with E-state index in [1.165, 1.54) is 4.90 Å². The van der Waals surface area contributed by atoms with E-state index in [0.717, 1.165) is 0 Å². The third-order valence-electron chi connectivity index (χ3n) is 3.30. The minimum absolute atomic E-state index is 0.153. The van der Waals surface area contributed by atoms with Crippen molar-refractivity contribution < 1.29 is 23.8 Å². The summed E-state index contributed by atoms with van der Waals surface area (Å²) in [6, 6.07) is 4.34. The predicted octanol–water partition coefficient (Wildman–Crippen LogP) is 2.85. The fraction of sp³-hybridized carbons (Fsp3) is 0.500. The highest BCUT2D eigenvalue weighted by Gasteiger charge is 2.28. The molecule has 0 unspecified atom stereocenters. The van der Waals surface area contributed by atoms with E-state index in [9.17, 15) is 9.59 Å². The lowest BCUT2D eigenvalue weighted by molar-refractivity contribution is 0.0231. The Balaban J connectivity index is 2.10. The van der Waals surface area contributed by atoms with Crippen molar-refractivity contribution >= 4 is 11.9 Å². The first-order chi connectivity index (χ1) is 10.2. The summed E-state index contributed by atoms with van der Waals surface area (Å²) in [4.78, 5) is 25.8. The Morgan fingerprint density at radius 2 is 1.86 bits per heavy atom. The molecule has 0 aromatic heterocycles. The standard InChI is InChI=1S/C16H21NO5/c1-10(17(5)15(19)22-16(2,3)4)14(18)11-6-7-12-13(8-11)21-9-20-12/h6-8,10H,9H2,1-5H3/t10-/m1/s1. The minimum Gasteiger partial charge on any atom is -0.454 e. The van der Waals surface area contributed by atoms with Crippen LogP contribution in [0.1, 0.15) is 38.1 Å². The largest absolute Gasteiger partial charge is 0.454 e. The molecule has 6 heteroatoms. The SMILES string of the molecule is C[C@H](C(=O)c1ccc2c(c1)OCO2)N(C)C(=O)OC(C)(C)C. The summed E-state index contributed by atoms with van der Waals surface area (Å²) in [6.07, 6.45) is -0.533. The molecule has 0 radical (unpaired) electrons. The van der Waals surface area contributed by atoms with Crippen LogP contribution in [0, 0.1) is 0 Å². The Hall–Kier alpha value is -2.24. The zero-order valence-corrected chi connectivity index (χ0v) is 13.5. The van der Waals surface area contributed by atoms with Crippen LogP contribution in [0.15, 0.2) is 18.2 Å². The average molecular weight is 307 g/mol. The van der Waals surface area contributed by atoms with Crippen molar-refractivity contribution in [1.82, 2.24) is 4.90 Å². The van der Waals surface area contributed by atoms with Gasteiger partial charge in [0.25, 0.3) is 0 Å². The first kappa shape index (κ1) is 16.1. The second-order valence-electron chi connectivity index (χ2n) is 6.20.